The summed E-state index contributed by atoms with van der Waals surface area (Å²) in [6.45, 7) is 2.27. The van der Waals surface area contributed by atoms with E-state index in [0.29, 0.717) is 29.4 Å². The molecule has 3 rings (SSSR count). The van der Waals surface area contributed by atoms with E-state index in [-0.39, 0.29) is 24.7 Å². The molecule has 0 atom stereocenters. The van der Waals surface area contributed by atoms with Crippen LogP contribution in [0.5, 0.6) is 5.75 Å². The second kappa shape index (κ2) is 10.3. The number of carbonyl (C=O) groups is 1. The van der Waals surface area contributed by atoms with Crippen LogP contribution in [0.4, 0.5) is 13.2 Å². The molecule has 10 heteroatoms. The summed E-state index contributed by atoms with van der Waals surface area (Å²) in [7, 11) is 0. The van der Waals surface area contributed by atoms with E-state index in [4.69, 9.17) is 27.9 Å². The second-order valence-corrected chi connectivity index (χ2v) is 7.84. The fourth-order valence-electron chi connectivity index (χ4n) is 2.93. The Morgan fingerprint density at radius 3 is 2.50 bits per heavy atom. The smallest absolute Gasteiger partial charge is 0.436 e. The van der Waals surface area contributed by atoms with Crippen LogP contribution >= 0.6 is 23.2 Å². The predicted molar refractivity (Wildman–Crippen MR) is 116 cm³/mol. The maximum Gasteiger partial charge on any atom is 0.436 e. The quantitative estimate of drug-likeness (QED) is 0.403. The number of aryl methyl sites for hydroxylation is 1. The molecule has 2 aromatic carbocycles. The van der Waals surface area contributed by atoms with Gasteiger partial charge in [-0.3, -0.25) is 9.48 Å². The van der Waals surface area contributed by atoms with Gasteiger partial charge in [0.05, 0.1) is 10.7 Å². The topological polar surface area (TPSA) is 56.2 Å². The first-order valence-electron chi connectivity index (χ1n) is 9.71. The Labute approximate surface area is 193 Å². The van der Waals surface area contributed by atoms with E-state index in [2.05, 4.69) is 10.4 Å². The molecule has 0 saturated carbocycles. The summed E-state index contributed by atoms with van der Waals surface area (Å²) in [5.41, 5.74) is 0.489. The van der Waals surface area contributed by atoms with Crippen molar-refractivity contribution in [2.75, 3.05) is 6.54 Å². The van der Waals surface area contributed by atoms with Crippen LogP contribution in [0.3, 0.4) is 0 Å². The molecule has 0 spiro atoms. The number of rotatable bonds is 8. The molecule has 0 aliphatic carbocycles. The van der Waals surface area contributed by atoms with Gasteiger partial charge in [0.2, 0.25) is 0 Å². The number of alkyl halides is 3. The van der Waals surface area contributed by atoms with Crippen molar-refractivity contribution in [2.45, 2.75) is 32.7 Å². The summed E-state index contributed by atoms with van der Waals surface area (Å²) >= 11 is 11.7. The van der Waals surface area contributed by atoms with E-state index in [1.807, 2.05) is 0 Å². The molecule has 3 aromatic rings. The van der Waals surface area contributed by atoms with Gasteiger partial charge in [0.25, 0.3) is 5.91 Å². The van der Waals surface area contributed by atoms with Crippen LogP contribution < -0.4 is 10.1 Å². The number of halogens is 5. The van der Waals surface area contributed by atoms with Gasteiger partial charge in [0.15, 0.2) is 5.69 Å². The standard InChI is InChI=1S/C22H20Cl2F3N3O2/c1-14-19(24)20(22(25,26)27)29-30(14)11-3-10-28-21(31)16-8-6-15(7-9-16)13-32-18-5-2-4-17(23)12-18/h2,4-9,12H,3,10-11,13H2,1H3,(H,28,31). The Hall–Kier alpha value is -2.71. The van der Waals surface area contributed by atoms with Crippen molar-refractivity contribution >= 4 is 29.1 Å². The van der Waals surface area contributed by atoms with Crippen LogP contribution in [0.2, 0.25) is 10.0 Å². The van der Waals surface area contributed by atoms with Gasteiger partial charge in [-0.1, -0.05) is 41.4 Å². The van der Waals surface area contributed by atoms with E-state index in [1.165, 1.54) is 11.6 Å². The molecule has 0 radical (unpaired) electrons. The van der Waals surface area contributed by atoms with Gasteiger partial charge in [-0.2, -0.15) is 18.3 Å². The van der Waals surface area contributed by atoms with Gasteiger partial charge < -0.3 is 10.1 Å². The molecule has 1 heterocycles. The highest BCUT2D eigenvalue weighted by Gasteiger charge is 2.38. The van der Waals surface area contributed by atoms with Gasteiger partial charge in [0, 0.05) is 23.7 Å². The summed E-state index contributed by atoms with van der Waals surface area (Å²) in [4.78, 5) is 12.3. The third-order valence-corrected chi connectivity index (χ3v) is 5.34. The lowest BCUT2D eigenvalue weighted by Gasteiger charge is -2.09. The molecule has 0 aliphatic heterocycles. The second-order valence-electron chi connectivity index (χ2n) is 7.02. The third kappa shape index (κ3) is 6.17. The Kier molecular flexibility index (Phi) is 7.69. The number of ether oxygens (including phenoxy) is 1. The summed E-state index contributed by atoms with van der Waals surface area (Å²) in [6.07, 6.45) is -4.21. The molecule has 0 bridgehead atoms. The Morgan fingerprint density at radius 1 is 1.16 bits per heavy atom. The van der Waals surface area contributed by atoms with Crippen molar-refractivity contribution in [1.29, 1.82) is 0 Å². The summed E-state index contributed by atoms with van der Waals surface area (Å²) in [6, 6.07) is 14.0. The number of hydrogen-bond acceptors (Lipinski definition) is 3. The number of hydrogen-bond donors (Lipinski definition) is 1. The maximum absolute atomic E-state index is 12.9. The van der Waals surface area contributed by atoms with E-state index >= 15 is 0 Å². The van der Waals surface area contributed by atoms with Crippen LogP contribution in [-0.2, 0) is 19.3 Å². The minimum Gasteiger partial charge on any atom is -0.489 e. The molecule has 0 saturated heterocycles. The van der Waals surface area contributed by atoms with E-state index < -0.39 is 16.9 Å². The average molecular weight is 486 g/mol. The summed E-state index contributed by atoms with van der Waals surface area (Å²) in [5, 5.41) is 6.46. The predicted octanol–water partition coefficient (Wildman–Crippen LogP) is 5.92. The van der Waals surface area contributed by atoms with E-state index in [0.717, 1.165) is 5.56 Å². The maximum atomic E-state index is 12.9. The minimum atomic E-state index is -4.60. The number of aromatic nitrogens is 2. The summed E-state index contributed by atoms with van der Waals surface area (Å²) < 4.78 is 45.5. The average Bonchev–Trinajstić information content (AvgIpc) is 3.04. The highest BCUT2D eigenvalue weighted by atomic mass is 35.5. The molecule has 0 aliphatic rings. The lowest BCUT2D eigenvalue weighted by Crippen LogP contribution is -2.25. The van der Waals surface area contributed by atoms with Crippen molar-refractivity contribution in [3.63, 3.8) is 0 Å². The third-order valence-electron chi connectivity index (χ3n) is 4.65. The van der Waals surface area contributed by atoms with Gasteiger partial charge >= 0.3 is 6.18 Å². The molecule has 5 nitrogen and oxygen atoms in total. The fourth-order valence-corrected chi connectivity index (χ4v) is 3.35. The molecular formula is C22H20Cl2F3N3O2. The number of amides is 1. The number of nitrogens with zero attached hydrogens (tertiary/aromatic N) is 2. The van der Waals surface area contributed by atoms with Gasteiger partial charge in [-0.05, 0) is 49.2 Å². The van der Waals surface area contributed by atoms with Crippen LogP contribution in [0, 0.1) is 6.92 Å². The van der Waals surface area contributed by atoms with Crippen molar-refractivity contribution in [3.8, 4) is 5.75 Å². The van der Waals surface area contributed by atoms with Gasteiger partial charge in [-0.15, -0.1) is 0 Å². The Bertz CT molecular complexity index is 1080. The molecule has 32 heavy (non-hydrogen) atoms. The Balaban J connectivity index is 1.46. The Morgan fingerprint density at radius 2 is 1.88 bits per heavy atom. The molecular weight excluding hydrogens is 466 g/mol. The zero-order valence-corrected chi connectivity index (χ0v) is 18.6. The lowest BCUT2D eigenvalue weighted by atomic mass is 10.1. The van der Waals surface area contributed by atoms with Crippen molar-refractivity contribution in [1.82, 2.24) is 15.1 Å². The largest absolute Gasteiger partial charge is 0.489 e. The molecule has 1 aromatic heterocycles. The highest BCUT2D eigenvalue weighted by Crippen LogP contribution is 2.35. The van der Waals surface area contributed by atoms with Crippen molar-refractivity contribution in [2.24, 2.45) is 0 Å². The summed E-state index contributed by atoms with van der Waals surface area (Å²) in [5.74, 6) is 0.369. The van der Waals surface area contributed by atoms with Crippen LogP contribution in [0.1, 0.15) is 33.7 Å². The van der Waals surface area contributed by atoms with E-state index in [1.54, 1.807) is 48.5 Å². The number of benzene rings is 2. The first-order chi connectivity index (χ1) is 15.1. The van der Waals surface area contributed by atoms with Crippen LogP contribution in [-0.4, -0.2) is 22.2 Å². The molecule has 0 fully saturated rings. The molecule has 1 amide bonds. The highest BCUT2D eigenvalue weighted by molar-refractivity contribution is 6.32. The van der Waals surface area contributed by atoms with Gasteiger partial charge in [0.1, 0.15) is 12.4 Å². The SMILES string of the molecule is Cc1c(Cl)c(C(F)(F)F)nn1CCCNC(=O)c1ccc(COc2cccc(Cl)c2)cc1. The molecule has 0 unspecified atom stereocenters. The lowest BCUT2D eigenvalue weighted by molar-refractivity contribution is -0.141. The molecule has 170 valence electrons. The molecule has 1 N–H and O–H groups in total. The fraction of sp³-hybridized carbons (Fsp3) is 0.273. The van der Waals surface area contributed by atoms with Crippen LogP contribution in [0.25, 0.3) is 0 Å². The number of carbonyl (C=O) groups excluding carboxylic acids is 1. The minimum absolute atomic E-state index is 0.196. The first-order valence-corrected chi connectivity index (χ1v) is 10.5. The van der Waals surface area contributed by atoms with Gasteiger partial charge in [-0.25, -0.2) is 0 Å². The zero-order chi connectivity index (χ0) is 23.3. The zero-order valence-electron chi connectivity index (χ0n) is 17.0. The van der Waals surface area contributed by atoms with Crippen LogP contribution in [0.15, 0.2) is 48.5 Å². The monoisotopic (exact) mass is 485 g/mol. The number of nitrogens with one attached hydrogen (secondary N) is 1. The first kappa shape index (κ1) is 23.9. The normalized spacial score (nSPS) is 11.4. The van der Waals surface area contributed by atoms with Crippen molar-refractivity contribution in [3.05, 3.63) is 81.1 Å². The van der Waals surface area contributed by atoms with E-state index in [9.17, 15) is 18.0 Å². The van der Waals surface area contributed by atoms with Crippen molar-refractivity contribution < 1.29 is 22.7 Å².